The SMILES string of the molecule is CCn1cncc1C[C@H](C)N. The van der Waals surface area contributed by atoms with E-state index < -0.39 is 0 Å². The number of imidazole rings is 1. The molecule has 0 saturated heterocycles. The predicted octanol–water partition coefficient (Wildman–Crippen LogP) is 0.793. The smallest absolute Gasteiger partial charge is 0.0948 e. The highest BCUT2D eigenvalue weighted by molar-refractivity contribution is 4.99. The van der Waals surface area contributed by atoms with Crippen LogP contribution in [0.3, 0.4) is 0 Å². The molecular formula is C8H15N3. The highest BCUT2D eigenvalue weighted by Gasteiger charge is 2.02. The standard InChI is InChI=1S/C8H15N3/c1-3-11-6-10-5-8(11)4-7(2)9/h5-7H,3-4,9H2,1-2H3/t7-/m0/s1. The minimum atomic E-state index is 0.219. The maximum absolute atomic E-state index is 5.67. The third kappa shape index (κ3) is 2.05. The molecule has 2 N–H and O–H groups in total. The van der Waals surface area contributed by atoms with Crippen LogP contribution in [0.15, 0.2) is 12.5 Å². The molecule has 0 fully saturated rings. The van der Waals surface area contributed by atoms with Crippen molar-refractivity contribution in [2.75, 3.05) is 0 Å². The van der Waals surface area contributed by atoms with Crippen molar-refractivity contribution in [3.05, 3.63) is 18.2 Å². The van der Waals surface area contributed by atoms with Crippen molar-refractivity contribution in [3.63, 3.8) is 0 Å². The first-order chi connectivity index (χ1) is 5.24. The molecule has 0 aliphatic heterocycles. The second-order valence-electron chi connectivity index (χ2n) is 2.85. The van der Waals surface area contributed by atoms with Gasteiger partial charge < -0.3 is 10.3 Å². The third-order valence-electron chi connectivity index (χ3n) is 1.67. The Morgan fingerprint density at radius 2 is 2.45 bits per heavy atom. The van der Waals surface area contributed by atoms with Gasteiger partial charge in [0.15, 0.2) is 0 Å². The molecule has 0 unspecified atom stereocenters. The minimum Gasteiger partial charge on any atom is -0.335 e. The molecule has 0 aliphatic carbocycles. The third-order valence-corrected chi connectivity index (χ3v) is 1.67. The van der Waals surface area contributed by atoms with Gasteiger partial charge in [0, 0.05) is 30.9 Å². The van der Waals surface area contributed by atoms with Crippen LogP contribution in [0.5, 0.6) is 0 Å². The summed E-state index contributed by atoms with van der Waals surface area (Å²) < 4.78 is 2.11. The Morgan fingerprint density at radius 1 is 1.73 bits per heavy atom. The number of hydrogen-bond donors (Lipinski definition) is 1. The normalized spacial score (nSPS) is 13.4. The molecule has 0 saturated carbocycles. The molecule has 3 nitrogen and oxygen atoms in total. The number of aryl methyl sites for hydroxylation is 1. The number of aromatic nitrogens is 2. The van der Waals surface area contributed by atoms with Gasteiger partial charge in [-0.2, -0.15) is 0 Å². The number of nitrogens with two attached hydrogens (primary N) is 1. The van der Waals surface area contributed by atoms with Crippen LogP contribution in [0.1, 0.15) is 19.5 Å². The van der Waals surface area contributed by atoms with E-state index in [1.807, 2.05) is 19.4 Å². The average Bonchev–Trinajstić information content (AvgIpc) is 2.34. The lowest BCUT2D eigenvalue weighted by Crippen LogP contribution is -2.19. The highest BCUT2D eigenvalue weighted by Crippen LogP contribution is 2.01. The van der Waals surface area contributed by atoms with Gasteiger partial charge in [-0.3, -0.25) is 0 Å². The van der Waals surface area contributed by atoms with Gasteiger partial charge in [-0.15, -0.1) is 0 Å². The zero-order valence-corrected chi connectivity index (χ0v) is 7.12. The fraction of sp³-hybridized carbons (Fsp3) is 0.625. The monoisotopic (exact) mass is 153 g/mol. The summed E-state index contributed by atoms with van der Waals surface area (Å²) in [5, 5.41) is 0. The lowest BCUT2D eigenvalue weighted by atomic mass is 10.2. The van der Waals surface area contributed by atoms with E-state index >= 15 is 0 Å². The largest absolute Gasteiger partial charge is 0.335 e. The van der Waals surface area contributed by atoms with Gasteiger partial charge in [0.1, 0.15) is 0 Å². The highest BCUT2D eigenvalue weighted by atomic mass is 15.0. The zero-order valence-electron chi connectivity index (χ0n) is 7.12. The lowest BCUT2D eigenvalue weighted by molar-refractivity contribution is 0.653. The second kappa shape index (κ2) is 3.53. The van der Waals surface area contributed by atoms with E-state index in [1.165, 1.54) is 5.69 Å². The van der Waals surface area contributed by atoms with Gasteiger partial charge >= 0.3 is 0 Å². The maximum atomic E-state index is 5.67. The van der Waals surface area contributed by atoms with Gasteiger partial charge in [0.05, 0.1) is 6.33 Å². The quantitative estimate of drug-likeness (QED) is 0.697. The van der Waals surface area contributed by atoms with Gasteiger partial charge in [0.25, 0.3) is 0 Å². The van der Waals surface area contributed by atoms with E-state index in [0.717, 1.165) is 13.0 Å². The summed E-state index contributed by atoms with van der Waals surface area (Å²) in [4.78, 5) is 4.05. The fourth-order valence-corrected chi connectivity index (χ4v) is 1.13. The van der Waals surface area contributed by atoms with Gasteiger partial charge in [-0.1, -0.05) is 0 Å². The fourth-order valence-electron chi connectivity index (χ4n) is 1.13. The molecule has 1 aromatic heterocycles. The maximum Gasteiger partial charge on any atom is 0.0948 e. The molecule has 3 heteroatoms. The molecule has 62 valence electrons. The summed E-state index contributed by atoms with van der Waals surface area (Å²) in [7, 11) is 0. The molecular weight excluding hydrogens is 138 g/mol. The number of rotatable bonds is 3. The van der Waals surface area contributed by atoms with E-state index in [9.17, 15) is 0 Å². The Kier molecular flexibility index (Phi) is 2.65. The van der Waals surface area contributed by atoms with Crippen molar-refractivity contribution in [2.45, 2.75) is 32.9 Å². The summed E-state index contributed by atoms with van der Waals surface area (Å²) in [6.45, 7) is 5.08. The van der Waals surface area contributed by atoms with Crippen LogP contribution in [0.4, 0.5) is 0 Å². The first-order valence-electron chi connectivity index (χ1n) is 3.98. The van der Waals surface area contributed by atoms with Gasteiger partial charge in [-0.05, 0) is 13.8 Å². The molecule has 0 radical (unpaired) electrons. The van der Waals surface area contributed by atoms with E-state index in [2.05, 4.69) is 16.5 Å². The molecule has 0 aliphatic rings. The molecule has 1 heterocycles. The Labute approximate surface area is 67.2 Å². The Hall–Kier alpha value is -0.830. The minimum absolute atomic E-state index is 0.219. The Balaban J connectivity index is 2.68. The van der Waals surface area contributed by atoms with Crippen molar-refractivity contribution < 1.29 is 0 Å². The zero-order chi connectivity index (χ0) is 8.27. The summed E-state index contributed by atoms with van der Waals surface area (Å²) >= 11 is 0. The van der Waals surface area contributed by atoms with Crippen molar-refractivity contribution in [1.29, 1.82) is 0 Å². The topological polar surface area (TPSA) is 43.8 Å². The van der Waals surface area contributed by atoms with E-state index in [0.29, 0.717) is 0 Å². The van der Waals surface area contributed by atoms with Crippen LogP contribution < -0.4 is 5.73 Å². The Morgan fingerprint density at radius 3 is 3.00 bits per heavy atom. The van der Waals surface area contributed by atoms with Crippen molar-refractivity contribution in [3.8, 4) is 0 Å². The molecule has 11 heavy (non-hydrogen) atoms. The van der Waals surface area contributed by atoms with Gasteiger partial charge in [0.2, 0.25) is 0 Å². The summed E-state index contributed by atoms with van der Waals surface area (Å²) in [6.07, 6.45) is 4.64. The van der Waals surface area contributed by atoms with Crippen LogP contribution in [0.2, 0.25) is 0 Å². The average molecular weight is 153 g/mol. The van der Waals surface area contributed by atoms with Crippen LogP contribution >= 0.6 is 0 Å². The van der Waals surface area contributed by atoms with E-state index in [-0.39, 0.29) is 6.04 Å². The predicted molar refractivity (Wildman–Crippen MR) is 45.3 cm³/mol. The van der Waals surface area contributed by atoms with Crippen molar-refractivity contribution >= 4 is 0 Å². The molecule has 1 aromatic rings. The second-order valence-corrected chi connectivity index (χ2v) is 2.85. The van der Waals surface area contributed by atoms with Crippen LogP contribution in [0, 0.1) is 0 Å². The van der Waals surface area contributed by atoms with Gasteiger partial charge in [-0.25, -0.2) is 4.98 Å². The van der Waals surface area contributed by atoms with E-state index in [4.69, 9.17) is 5.73 Å². The Bertz CT molecular complexity index is 215. The molecule has 0 spiro atoms. The van der Waals surface area contributed by atoms with Crippen LogP contribution in [0.25, 0.3) is 0 Å². The number of nitrogens with zero attached hydrogens (tertiary/aromatic N) is 2. The van der Waals surface area contributed by atoms with Crippen molar-refractivity contribution in [2.24, 2.45) is 5.73 Å². The van der Waals surface area contributed by atoms with E-state index in [1.54, 1.807) is 0 Å². The first kappa shape index (κ1) is 8.27. The lowest BCUT2D eigenvalue weighted by Gasteiger charge is -2.06. The molecule has 1 atom stereocenters. The first-order valence-corrected chi connectivity index (χ1v) is 3.98. The summed E-state index contributed by atoms with van der Waals surface area (Å²) in [6, 6.07) is 0.219. The summed E-state index contributed by atoms with van der Waals surface area (Å²) in [5.74, 6) is 0. The molecule has 0 aromatic carbocycles. The molecule has 1 rings (SSSR count). The molecule has 0 bridgehead atoms. The number of hydrogen-bond acceptors (Lipinski definition) is 2. The summed E-state index contributed by atoms with van der Waals surface area (Å²) in [5.41, 5.74) is 6.89. The van der Waals surface area contributed by atoms with Crippen LogP contribution in [-0.4, -0.2) is 15.6 Å². The van der Waals surface area contributed by atoms with Crippen LogP contribution in [-0.2, 0) is 13.0 Å². The van der Waals surface area contributed by atoms with Crippen molar-refractivity contribution in [1.82, 2.24) is 9.55 Å². The molecule has 0 amide bonds.